The first kappa shape index (κ1) is 12.7. The van der Waals surface area contributed by atoms with Gasteiger partial charge in [0, 0.05) is 35.8 Å². The average Bonchev–Trinajstić information content (AvgIpc) is 3.07. The van der Waals surface area contributed by atoms with Gasteiger partial charge in [-0.1, -0.05) is 18.2 Å². The van der Waals surface area contributed by atoms with Crippen LogP contribution in [-0.4, -0.2) is 22.4 Å². The van der Waals surface area contributed by atoms with E-state index in [0.717, 1.165) is 31.6 Å². The third-order valence-electron chi connectivity index (χ3n) is 3.99. The molecule has 0 spiro atoms. The molecule has 0 bridgehead atoms. The summed E-state index contributed by atoms with van der Waals surface area (Å²) in [6, 6.07) is 8.29. The molecule has 0 aliphatic carbocycles. The molecule has 1 aliphatic heterocycles. The molecule has 1 aromatic heterocycles. The van der Waals surface area contributed by atoms with Crippen LogP contribution in [0.2, 0.25) is 0 Å². The summed E-state index contributed by atoms with van der Waals surface area (Å²) in [7, 11) is 0. The third kappa shape index (κ3) is 2.67. The van der Waals surface area contributed by atoms with Gasteiger partial charge in [0.15, 0.2) is 0 Å². The van der Waals surface area contributed by atoms with Crippen LogP contribution >= 0.6 is 0 Å². The minimum absolute atomic E-state index is 0.110. The molecule has 1 aliphatic rings. The van der Waals surface area contributed by atoms with Crippen LogP contribution in [0.15, 0.2) is 30.5 Å². The van der Waals surface area contributed by atoms with Crippen molar-refractivity contribution in [1.82, 2.24) is 4.57 Å². The molecule has 1 aromatic carbocycles. The van der Waals surface area contributed by atoms with E-state index >= 15 is 0 Å². The van der Waals surface area contributed by atoms with E-state index in [1.54, 1.807) is 0 Å². The van der Waals surface area contributed by atoms with Crippen molar-refractivity contribution >= 4 is 10.9 Å². The van der Waals surface area contributed by atoms with Gasteiger partial charge in [-0.15, -0.1) is 0 Å². The van der Waals surface area contributed by atoms with Crippen LogP contribution in [0.1, 0.15) is 31.2 Å². The van der Waals surface area contributed by atoms with Gasteiger partial charge in [-0.2, -0.15) is 0 Å². The van der Waals surface area contributed by atoms with Gasteiger partial charge in [-0.3, -0.25) is 0 Å². The summed E-state index contributed by atoms with van der Waals surface area (Å²) in [4.78, 5) is 0. The highest BCUT2D eigenvalue weighted by Crippen LogP contribution is 2.23. The standard InChI is InChI=1S/C16H21NO2/c18-12-13-11-17(16-8-2-1-7-15(13)16)9-3-5-14-6-4-10-19-14/h1-2,7-8,11,14,18H,3-6,9-10,12H2. The average molecular weight is 259 g/mol. The molecule has 1 fully saturated rings. The summed E-state index contributed by atoms with van der Waals surface area (Å²) >= 11 is 0. The third-order valence-corrected chi connectivity index (χ3v) is 3.99. The number of nitrogens with zero attached hydrogens (tertiary/aromatic N) is 1. The summed E-state index contributed by atoms with van der Waals surface area (Å²) in [6.45, 7) is 2.05. The summed E-state index contributed by atoms with van der Waals surface area (Å²) in [6.07, 6.45) is 7.26. The van der Waals surface area contributed by atoms with E-state index in [9.17, 15) is 5.11 Å². The van der Waals surface area contributed by atoms with Crippen molar-refractivity contribution in [2.45, 2.75) is 44.9 Å². The molecule has 1 unspecified atom stereocenters. The largest absolute Gasteiger partial charge is 0.392 e. The smallest absolute Gasteiger partial charge is 0.0702 e. The Labute approximate surface area is 113 Å². The number of rotatable bonds is 5. The molecule has 1 atom stereocenters. The second-order valence-electron chi connectivity index (χ2n) is 5.30. The molecular formula is C16H21NO2. The van der Waals surface area contributed by atoms with Gasteiger partial charge in [0.05, 0.1) is 12.7 Å². The highest BCUT2D eigenvalue weighted by Gasteiger charge is 2.15. The van der Waals surface area contributed by atoms with Crippen LogP contribution in [0, 0.1) is 0 Å². The second-order valence-corrected chi connectivity index (χ2v) is 5.30. The molecule has 0 amide bonds. The maximum Gasteiger partial charge on any atom is 0.0702 e. The monoisotopic (exact) mass is 259 g/mol. The molecule has 0 radical (unpaired) electrons. The molecular weight excluding hydrogens is 238 g/mol. The van der Waals surface area contributed by atoms with Crippen molar-refractivity contribution in [2.24, 2.45) is 0 Å². The lowest BCUT2D eigenvalue weighted by molar-refractivity contribution is 0.101. The quantitative estimate of drug-likeness (QED) is 0.895. The number of aliphatic hydroxyl groups excluding tert-OH is 1. The fourth-order valence-corrected chi connectivity index (χ4v) is 3.00. The van der Waals surface area contributed by atoms with Gasteiger partial charge in [-0.05, 0) is 31.7 Å². The van der Waals surface area contributed by atoms with Gasteiger partial charge < -0.3 is 14.4 Å². The maximum atomic E-state index is 9.41. The van der Waals surface area contributed by atoms with Crippen molar-refractivity contribution in [1.29, 1.82) is 0 Å². The van der Waals surface area contributed by atoms with E-state index < -0.39 is 0 Å². The zero-order chi connectivity index (χ0) is 13.1. The van der Waals surface area contributed by atoms with Gasteiger partial charge in [0.1, 0.15) is 0 Å². The summed E-state index contributed by atoms with van der Waals surface area (Å²) in [5.41, 5.74) is 2.24. The van der Waals surface area contributed by atoms with Crippen molar-refractivity contribution in [3.05, 3.63) is 36.0 Å². The minimum Gasteiger partial charge on any atom is -0.392 e. The topological polar surface area (TPSA) is 34.4 Å². The number of para-hydroxylation sites is 1. The van der Waals surface area contributed by atoms with Crippen LogP contribution in [0.5, 0.6) is 0 Å². The number of fused-ring (bicyclic) bond motifs is 1. The second kappa shape index (κ2) is 5.76. The van der Waals surface area contributed by atoms with Gasteiger partial charge in [0.2, 0.25) is 0 Å². The lowest BCUT2D eigenvalue weighted by Gasteiger charge is -2.10. The van der Waals surface area contributed by atoms with Crippen LogP contribution in [0.3, 0.4) is 0 Å². The van der Waals surface area contributed by atoms with Crippen molar-refractivity contribution in [3.8, 4) is 0 Å². The molecule has 0 saturated carbocycles. The molecule has 2 aromatic rings. The van der Waals surface area contributed by atoms with E-state index in [4.69, 9.17) is 4.74 Å². The Morgan fingerprint density at radius 1 is 1.32 bits per heavy atom. The van der Waals surface area contributed by atoms with E-state index in [0.29, 0.717) is 6.10 Å². The van der Waals surface area contributed by atoms with Crippen LogP contribution in [0.25, 0.3) is 10.9 Å². The normalized spacial score (nSPS) is 19.3. The Morgan fingerprint density at radius 2 is 2.21 bits per heavy atom. The molecule has 3 heteroatoms. The van der Waals surface area contributed by atoms with Crippen LogP contribution in [0.4, 0.5) is 0 Å². The van der Waals surface area contributed by atoms with Crippen molar-refractivity contribution < 1.29 is 9.84 Å². The van der Waals surface area contributed by atoms with Gasteiger partial charge in [0.25, 0.3) is 0 Å². The number of ether oxygens (including phenoxy) is 1. The number of aromatic nitrogens is 1. The fourth-order valence-electron chi connectivity index (χ4n) is 3.00. The SMILES string of the molecule is OCc1cn(CCCC2CCCO2)c2ccccc12. The zero-order valence-electron chi connectivity index (χ0n) is 11.2. The summed E-state index contributed by atoms with van der Waals surface area (Å²) in [5, 5.41) is 10.6. The number of benzene rings is 1. The molecule has 102 valence electrons. The number of hydrogen-bond acceptors (Lipinski definition) is 2. The Balaban J connectivity index is 1.69. The van der Waals surface area contributed by atoms with Crippen LogP contribution in [-0.2, 0) is 17.9 Å². The van der Waals surface area contributed by atoms with E-state index in [-0.39, 0.29) is 6.61 Å². The molecule has 3 rings (SSSR count). The Morgan fingerprint density at radius 3 is 3.00 bits per heavy atom. The highest BCUT2D eigenvalue weighted by atomic mass is 16.5. The molecule has 2 heterocycles. The summed E-state index contributed by atoms with van der Waals surface area (Å²) in [5.74, 6) is 0. The molecule has 1 saturated heterocycles. The molecule has 3 nitrogen and oxygen atoms in total. The van der Waals surface area contributed by atoms with Crippen LogP contribution < -0.4 is 0 Å². The first-order valence-corrected chi connectivity index (χ1v) is 7.17. The Kier molecular flexibility index (Phi) is 3.85. The van der Waals surface area contributed by atoms with Gasteiger partial charge in [-0.25, -0.2) is 0 Å². The highest BCUT2D eigenvalue weighted by molar-refractivity contribution is 5.83. The van der Waals surface area contributed by atoms with E-state index in [1.807, 2.05) is 6.07 Å². The zero-order valence-corrected chi connectivity index (χ0v) is 11.2. The Bertz CT molecular complexity index is 541. The number of aryl methyl sites for hydroxylation is 1. The maximum absolute atomic E-state index is 9.41. The first-order chi connectivity index (χ1) is 9.38. The first-order valence-electron chi connectivity index (χ1n) is 7.17. The minimum atomic E-state index is 0.110. The number of hydrogen-bond donors (Lipinski definition) is 1. The lowest BCUT2D eigenvalue weighted by atomic mass is 10.1. The van der Waals surface area contributed by atoms with Crippen molar-refractivity contribution in [2.75, 3.05) is 6.61 Å². The van der Waals surface area contributed by atoms with E-state index in [2.05, 4.69) is 29.0 Å². The lowest BCUT2D eigenvalue weighted by Crippen LogP contribution is -2.06. The fraction of sp³-hybridized carbons (Fsp3) is 0.500. The van der Waals surface area contributed by atoms with Crippen molar-refractivity contribution in [3.63, 3.8) is 0 Å². The Hall–Kier alpha value is -1.32. The van der Waals surface area contributed by atoms with Gasteiger partial charge >= 0.3 is 0 Å². The predicted octanol–water partition coefficient (Wildman–Crippen LogP) is 3.09. The van der Waals surface area contributed by atoms with E-state index in [1.165, 1.54) is 23.7 Å². The predicted molar refractivity (Wildman–Crippen MR) is 76.1 cm³/mol. The molecule has 1 N–H and O–H groups in total. The number of aliphatic hydroxyl groups is 1. The summed E-state index contributed by atoms with van der Waals surface area (Å²) < 4.78 is 7.92. The molecule has 19 heavy (non-hydrogen) atoms.